The lowest BCUT2D eigenvalue weighted by Gasteiger charge is -2.04. The van der Waals surface area contributed by atoms with Gasteiger partial charge in [0.05, 0.1) is 0 Å². The molecule has 1 rings (SSSR count). The molecule has 0 spiro atoms. The van der Waals surface area contributed by atoms with E-state index in [1.54, 1.807) is 0 Å². The maximum absolute atomic E-state index is 9.76. The first-order chi connectivity index (χ1) is 3.79. The van der Waals surface area contributed by atoms with Crippen molar-refractivity contribution in [2.45, 2.75) is 0 Å². The predicted molar refractivity (Wildman–Crippen MR) is 15.1 cm³/mol. The van der Waals surface area contributed by atoms with Gasteiger partial charge in [0, 0.05) is 0 Å². The molecule has 6 nitrogen and oxygen atoms in total. The summed E-state index contributed by atoms with van der Waals surface area (Å²) in [5.41, 5.74) is 0. The number of rotatable bonds is 0. The van der Waals surface area contributed by atoms with E-state index in [-0.39, 0.29) is 0 Å². The minimum Gasteiger partial charge on any atom is -0.197 e. The summed E-state index contributed by atoms with van der Waals surface area (Å²) in [5.74, 6) is 0. The molecule has 0 aromatic heterocycles. The molecule has 0 atom stereocenters. The first kappa shape index (κ1) is 4.69. The highest BCUT2D eigenvalue weighted by molar-refractivity contribution is 5.66. The lowest BCUT2D eigenvalue weighted by molar-refractivity contribution is -0.343. The Balaban J connectivity index is 2.40. The second-order valence-electron chi connectivity index (χ2n) is 0.833. The van der Waals surface area contributed by atoms with Gasteiger partial charge < -0.3 is 0 Å². The highest BCUT2D eigenvalue weighted by atomic mass is 17.4. The first-order valence-electron chi connectivity index (χ1n) is 1.56. The Morgan fingerprint density at radius 1 is 0.750 bits per heavy atom. The highest BCUT2D eigenvalue weighted by Crippen LogP contribution is 1.98. The van der Waals surface area contributed by atoms with Gasteiger partial charge in [-0.25, -0.2) is 0 Å². The molecule has 1 aliphatic rings. The van der Waals surface area contributed by atoms with Crippen LogP contribution in [0.2, 0.25) is 0 Å². The topological polar surface area (TPSA) is 71.1 Å². The zero-order valence-corrected chi connectivity index (χ0v) is 3.45. The van der Waals surface area contributed by atoms with Crippen molar-refractivity contribution in [3.8, 4) is 0 Å². The number of hydrogen-bond donors (Lipinski definition) is 0. The third-order valence-corrected chi connectivity index (χ3v) is 0.355. The van der Waals surface area contributed by atoms with E-state index in [9.17, 15) is 9.59 Å². The fourth-order valence-corrected chi connectivity index (χ4v) is 0.164. The van der Waals surface area contributed by atoms with Gasteiger partial charge in [-0.15, -0.1) is 0 Å². The summed E-state index contributed by atoms with van der Waals surface area (Å²) in [5, 5.41) is 0. The van der Waals surface area contributed by atoms with Crippen LogP contribution < -0.4 is 0 Å². The monoisotopic (exact) mass is 120 g/mol. The zero-order chi connectivity index (χ0) is 5.98. The summed E-state index contributed by atoms with van der Waals surface area (Å²) >= 11 is 0. The maximum Gasteiger partial charge on any atom is 0.592 e. The van der Waals surface area contributed by atoms with E-state index in [1.807, 2.05) is 0 Å². The van der Waals surface area contributed by atoms with Crippen molar-refractivity contribution in [1.82, 2.24) is 0 Å². The molecular formula is C2O6. The van der Waals surface area contributed by atoms with E-state index in [0.29, 0.717) is 0 Å². The maximum atomic E-state index is 9.76. The summed E-state index contributed by atoms with van der Waals surface area (Å²) in [7, 11) is 0. The van der Waals surface area contributed by atoms with Crippen LogP contribution in [0.3, 0.4) is 0 Å². The average molecular weight is 120 g/mol. The van der Waals surface area contributed by atoms with Crippen molar-refractivity contribution in [2.24, 2.45) is 0 Å². The molecule has 0 aliphatic carbocycles. The Hall–Kier alpha value is -1.46. The Labute approximate surface area is 42.7 Å². The van der Waals surface area contributed by atoms with Crippen molar-refractivity contribution in [3.05, 3.63) is 0 Å². The molecule has 0 radical (unpaired) electrons. The van der Waals surface area contributed by atoms with Gasteiger partial charge >= 0.3 is 12.3 Å². The van der Waals surface area contributed by atoms with Crippen molar-refractivity contribution in [3.63, 3.8) is 0 Å². The highest BCUT2D eigenvalue weighted by Gasteiger charge is 2.22. The van der Waals surface area contributed by atoms with E-state index >= 15 is 0 Å². The third kappa shape index (κ3) is 0.780. The molecule has 44 valence electrons. The molecule has 0 amide bonds. The Morgan fingerprint density at radius 2 is 1.00 bits per heavy atom. The lowest BCUT2D eigenvalue weighted by Crippen LogP contribution is -2.21. The van der Waals surface area contributed by atoms with Crippen LogP contribution >= 0.6 is 0 Å². The van der Waals surface area contributed by atoms with Gasteiger partial charge in [-0.05, 0) is 0 Å². The molecule has 6 heteroatoms. The summed E-state index contributed by atoms with van der Waals surface area (Å²) in [4.78, 5) is 33.7. The fourth-order valence-electron chi connectivity index (χ4n) is 0.164. The van der Waals surface area contributed by atoms with Gasteiger partial charge in [0.15, 0.2) is 0 Å². The Kier molecular flexibility index (Phi) is 0.918. The smallest absolute Gasteiger partial charge is 0.197 e. The lowest BCUT2D eigenvalue weighted by atomic mass is 11.4. The van der Waals surface area contributed by atoms with Crippen LogP contribution in [0.4, 0.5) is 9.59 Å². The van der Waals surface area contributed by atoms with E-state index in [4.69, 9.17) is 0 Å². The SMILES string of the molecule is O=C1OOC(=O)OO1. The fraction of sp³-hybridized carbons (Fsp3) is 0. The van der Waals surface area contributed by atoms with Crippen LogP contribution in [-0.4, -0.2) is 12.3 Å². The molecular weight excluding hydrogens is 120 g/mol. The van der Waals surface area contributed by atoms with Gasteiger partial charge in [0.25, 0.3) is 0 Å². The largest absolute Gasteiger partial charge is 0.592 e. The molecule has 0 saturated carbocycles. The van der Waals surface area contributed by atoms with Crippen molar-refractivity contribution >= 4 is 12.3 Å². The molecule has 0 aromatic carbocycles. The van der Waals surface area contributed by atoms with Crippen molar-refractivity contribution in [1.29, 1.82) is 0 Å². The van der Waals surface area contributed by atoms with Crippen LogP contribution in [-0.2, 0) is 19.6 Å². The number of carbonyl (C=O) groups is 2. The van der Waals surface area contributed by atoms with Crippen LogP contribution in [0.5, 0.6) is 0 Å². The molecule has 1 aliphatic heterocycles. The third-order valence-electron chi connectivity index (χ3n) is 0.355. The minimum absolute atomic E-state index is 1.20. The van der Waals surface area contributed by atoms with Gasteiger partial charge in [-0.1, -0.05) is 0 Å². The van der Waals surface area contributed by atoms with E-state index in [1.165, 1.54) is 0 Å². The van der Waals surface area contributed by atoms with Crippen molar-refractivity contribution < 1.29 is 29.1 Å². The Bertz CT molecular complexity index is 98.5. The predicted octanol–water partition coefficient (Wildman–Crippen LogP) is 0.136. The minimum atomic E-state index is -1.20. The molecule has 0 unspecified atom stereocenters. The molecule has 0 aromatic rings. The second-order valence-corrected chi connectivity index (χ2v) is 0.833. The van der Waals surface area contributed by atoms with Gasteiger partial charge in [0.1, 0.15) is 0 Å². The normalized spacial score (nSPS) is 17.5. The van der Waals surface area contributed by atoms with Crippen LogP contribution in [0.1, 0.15) is 0 Å². The van der Waals surface area contributed by atoms with Gasteiger partial charge in [0.2, 0.25) is 0 Å². The number of hydrogen-bond acceptors (Lipinski definition) is 6. The van der Waals surface area contributed by atoms with Gasteiger partial charge in [-0.3, -0.25) is 0 Å². The summed E-state index contributed by atoms with van der Waals surface area (Å²) < 4.78 is 0. The van der Waals surface area contributed by atoms with E-state index in [0.717, 1.165) is 0 Å². The van der Waals surface area contributed by atoms with Crippen LogP contribution in [0.25, 0.3) is 0 Å². The summed E-state index contributed by atoms with van der Waals surface area (Å²) in [6.45, 7) is 0. The average Bonchev–Trinajstić information content (AvgIpc) is 1.77. The molecule has 1 saturated heterocycles. The number of carbonyl (C=O) groups excluding carboxylic acids is 2. The Morgan fingerprint density at radius 3 is 1.25 bits per heavy atom. The van der Waals surface area contributed by atoms with Gasteiger partial charge in [-0.2, -0.15) is 29.1 Å². The zero-order valence-electron chi connectivity index (χ0n) is 3.45. The van der Waals surface area contributed by atoms with Crippen LogP contribution in [0.15, 0.2) is 0 Å². The first-order valence-corrected chi connectivity index (χ1v) is 1.56. The molecule has 0 N–H and O–H groups in total. The van der Waals surface area contributed by atoms with E-state index in [2.05, 4.69) is 19.6 Å². The molecule has 1 fully saturated rings. The standard InChI is InChI=1S/C2O6/c3-1-5-7-2(4)8-6-1. The van der Waals surface area contributed by atoms with E-state index < -0.39 is 12.3 Å². The summed E-state index contributed by atoms with van der Waals surface area (Å²) in [6, 6.07) is 0. The molecule has 8 heavy (non-hydrogen) atoms. The van der Waals surface area contributed by atoms with Crippen molar-refractivity contribution in [2.75, 3.05) is 0 Å². The molecule has 1 heterocycles. The molecule has 0 bridgehead atoms. The quantitative estimate of drug-likeness (QED) is 0.423. The second kappa shape index (κ2) is 1.57. The van der Waals surface area contributed by atoms with Crippen LogP contribution in [0, 0.1) is 0 Å². The summed E-state index contributed by atoms with van der Waals surface area (Å²) in [6.07, 6.45) is -2.41.